The van der Waals surface area contributed by atoms with Crippen molar-refractivity contribution in [3.05, 3.63) is 0 Å². The minimum absolute atomic E-state index is 0.167. The van der Waals surface area contributed by atoms with Gasteiger partial charge in [0.25, 0.3) is 0 Å². The van der Waals surface area contributed by atoms with E-state index in [0.717, 1.165) is 0 Å². The highest BCUT2D eigenvalue weighted by molar-refractivity contribution is 4.51. The number of hydrogen-bond acceptors (Lipinski definition) is 1. The van der Waals surface area contributed by atoms with Gasteiger partial charge in [0, 0.05) is 6.42 Å². The van der Waals surface area contributed by atoms with Crippen LogP contribution < -0.4 is 5.32 Å². The van der Waals surface area contributed by atoms with Crippen LogP contribution in [0.15, 0.2) is 0 Å². The van der Waals surface area contributed by atoms with Gasteiger partial charge in [-0.05, 0) is 20.0 Å². The fourth-order valence-electron chi connectivity index (χ4n) is 0.466. The maximum absolute atomic E-state index is 11.4. The first kappa shape index (κ1) is 18.5. The van der Waals surface area contributed by atoms with E-state index in [0.29, 0.717) is 6.54 Å². The van der Waals surface area contributed by atoms with Crippen molar-refractivity contribution < 1.29 is 13.2 Å². The van der Waals surface area contributed by atoms with Gasteiger partial charge in [0.1, 0.15) is 0 Å². The normalized spacial score (nSPS) is 9.23. The van der Waals surface area contributed by atoms with Gasteiger partial charge >= 0.3 is 6.18 Å². The quantitative estimate of drug-likeness (QED) is 0.688. The van der Waals surface area contributed by atoms with Gasteiger partial charge in [-0.2, -0.15) is 13.2 Å². The molecule has 0 aliphatic heterocycles. The molecule has 84 valence electrons. The Bertz CT molecular complexity index is 71.8. The standard InChI is InChI=1S/C5H10F3N.2C2H6/c1-9-4-2-3-5(6,7)8;2*1-2/h9H,2-4H2,1H3;2*1-2H3. The maximum atomic E-state index is 11.4. The summed E-state index contributed by atoms with van der Waals surface area (Å²) in [5.74, 6) is 0. The van der Waals surface area contributed by atoms with Gasteiger partial charge in [-0.15, -0.1) is 0 Å². The average molecular weight is 201 g/mol. The van der Waals surface area contributed by atoms with Crippen LogP contribution in [0.3, 0.4) is 0 Å². The summed E-state index contributed by atoms with van der Waals surface area (Å²) in [6, 6.07) is 0. The van der Waals surface area contributed by atoms with Gasteiger partial charge < -0.3 is 5.32 Å². The van der Waals surface area contributed by atoms with E-state index >= 15 is 0 Å². The van der Waals surface area contributed by atoms with Gasteiger partial charge in [0.05, 0.1) is 0 Å². The molecule has 0 amide bonds. The summed E-state index contributed by atoms with van der Waals surface area (Å²) in [6.07, 6.45) is -4.51. The molecule has 4 heteroatoms. The number of rotatable bonds is 3. The molecule has 0 bridgehead atoms. The van der Waals surface area contributed by atoms with Crippen LogP contribution in [0.2, 0.25) is 0 Å². The van der Waals surface area contributed by atoms with Crippen LogP contribution in [0.5, 0.6) is 0 Å². The van der Waals surface area contributed by atoms with E-state index in [-0.39, 0.29) is 6.42 Å². The molecule has 1 N–H and O–H groups in total. The van der Waals surface area contributed by atoms with E-state index in [1.807, 2.05) is 27.7 Å². The largest absolute Gasteiger partial charge is 0.389 e. The Hall–Kier alpha value is -0.250. The molecular weight excluding hydrogens is 179 g/mol. The lowest BCUT2D eigenvalue weighted by Crippen LogP contribution is -2.13. The highest BCUT2D eigenvalue weighted by atomic mass is 19.4. The molecule has 1 nitrogen and oxygen atoms in total. The lowest BCUT2D eigenvalue weighted by atomic mass is 10.3. The second-order valence-electron chi connectivity index (χ2n) is 1.82. The highest BCUT2D eigenvalue weighted by Gasteiger charge is 2.25. The zero-order chi connectivity index (χ0) is 11.3. The van der Waals surface area contributed by atoms with E-state index in [9.17, 15) is 13.2 Å². The van der Waals surface area contributed by atoms with Gasteiger partial charge in [0.2, 0.25) is 0 Å². The summed E-state index contributed by atoms with van der Waals surface area (Å²) in [6.45, 7) is 8.43. The third kappa shape index (κ3) is 33.8. The summed E-state index contributed by atoms with van der Waals surface area (Å²) in [5, 5.41) is 2.64. The van der Waals surface area contributed by atoms with Crippen LogP contribution >= 0.6 is 0 Å². The Kier molecular flexibility index (Phi) is 20.3. The molecule has 0 aromatic rings. The van der Waals surface area contributed by atoms with Crippen LogP contribution in [0.1, 0.15) is 40.5 Å². The first-order valence-electron chi connectivity index (χ1n) is 4.77. The van der Waals surface area contributed by atoms with Crippen molar-refractivity contribution in [1.29, 1.82) is 0 Å². The lowest BCUT2D eigenvalue weighted by molar-refractivity contribution is -0.135. The molecule has 0 unspecified atom stereocenters. The number of alkyl halides is 3. The Morgan fingerprint density at radius 1 is 1.00 bits per heavy atom. The van der Waals surface area contributed by atoms with Gasteiger partial charge in [-0.1, -0.05) is 27.7 Å². The van der Waals surface area contributed by atoms with Crippen LogP contribution in [0, 0.1) is 0 Å². The van der Waals surface area contributed by atoms with Crippen molar-refractivity contribution in [3.63, 3.8) is 0 Å². The van der Waals surface area contributed by atoms with E-state index in [4.69, 9.17) is 0 Å². The fourth-order valence-corrected chi connectivity index (χ4v) is 0.466. The van der Waals surface area contributed by atoms with E-state index in [1.165, 1.54) is 0 Å². The smallest absolute Gasteiger partial charge is 0.320 e. The lowest BCUT2D eigenvalue weighted by Gasteiger charge is -2.03. The number of nitrogens with one attached hydrogen (secondary N) is 1. The van der Waals surface area contributed by atoms with Crippen molar-refractivity contribution in [3.8, 4) is 0 Å². The van der Waals surface area contributed by atoms with Crippen molar-refractivity contribution in [2.45, 2.75) is 46.7 Å². The monoisotopic (exact) mass is 201 g/mol. The second kappa shape index (κ2) is 14.3. The first-order chi connectivity index (χ1) is 6.06. The van der Waals surface area contributed by atoms with Crippen molar-refractivity contribution in [2.75, 3.05) is 13.6 Å². The minimum atomic E-state index is -3.99. The van der Waals surface area contributed by atoms with E-state index in [2.05, 4.69) is 5.32 Å². The van der Waals surface area contributed by atoms with Gasteiger partial charge in [0.15, 0.2) is 0 Å². The van der Waals surface area contributed by atoms with Crippen LogP contribution in [0.25, 0.3) is 0 Å². The predicted octanol–water partition coefficient (Wildman–Crippen LogP) is 3.60. The molecule has 0 saturated carbocycles. The summed E-state index contributed by atoms with van der Waals surface area (Å²) < 4.78 is 34.1. The summed E-state index contributed by atoms with van der Waals surface area (Å²) in [7, 11) is 1.64. The Labute approximate surface area is 79.7 Å². The topological polar surface area (TPSA) is 12.0 Å². The van der Waals surface area contributed by atoms with Crippen LogP contribution in [-0.4, -0.2) is 19.8 Å². The molecule has 0 aliphatic rings. The van der Waals surface area contributed by atoms with E-state index in [1.54, 1.807) is 7.05 Å². The fraction of sp³-hybridized carbons (Fsp3) is 1.00. The van der Waals surface area contributed by atoms with Gasteiger partial charge in [-0.25, -0.2) is 0 Å². The molecule has 0 atom stereocenters. The SMILES string of the molecule is CC.CC.CNCCCC(F)(F)F. The second-order valence-corrected chi connectivity index (χ2v) is 1.82. The molecule has 0 fully saturated rings. The summed E-state index contributed by atoms with van der Waals surface area (Å²) >= 11 is 0. The Balaban J connectivity index is -0.000000218. The molecule has 0 aromatic heterocycles. The third-order valence-electron chi connectivity index (χ3n) is 0.887. The zero-order valence-corrected chi connectivity index (χ0v) is 9.26. The van der Waals surface area contributed by atoms with Crippen molar-refractivity contribution >= 4 is 0 Å². The Morgan fingerprint density at radius 3 is 1.62 bits per heavy atom. The molecular formula is C9H22F3N. The summed E-state index contributed by atoms with van der Waals surface area (Å²) in [4.78, 5) is 0. The van der Waals surface area contributed by atoms with Crippen LogP contribution in [-0.2, 0) is 0 Å². The Morgan fingerprint density at radius 2 is 1.38 bits per heavy atom. The van der Waals surface area contributed by atoms with Crippen LogP contribution in [0.4, 0.5) is 13.2 Å². The summed E-state index contributed by atoms with van der Waals surface area (Å²) in [5.41, 5.74) is 0. The molecule has 0 spiro atoms. The average Bonchev–Trinajstić information content (AvgIpc) is 2.10. The molecule has 0 aliphatic carbocycles. The van der Waals surface area contributed by atoms with Crippen molar-refractivity contribution in [1.82, 2.24) is 5.32 Å². The third-order valence-corrected chi connectivity index (χ3v) is 0.887. The first-order valence-corrected chi connectivity index (χ1v) is 4.77. The molecule has 0 heterocycles. The molecule has 0 rings (SSSR count). The number of halogens is 3. The molecule has 0 aromatic carbocycles. The van der Waals surface area contributed by atoms with E-state index < -0.39 is 12.6 Å². The van der Waals surface area contributed by atoms with Crippen molar-refractivity contribution in [2.24, 2.45) is 0 Å². The zero-order valence-electron chi connectivity index (χ0n) is 9.26. The molecule has 13 heavy (non-hydrogen) atoms. The molecule has 0 saturated heterocycles. The van der Waals surface area contributed by atoms with Gasteiger partial charge in [-0.3, -0.25) is 0 Å². The minimum Gasteiger partial charge on any atom is -0.320 e. The molecule has 0 radical (unpaired) electrons. The number of hydrogen-bond donors (Lipinski definition) is 1. The maximum Gasteiger partial charge on any atom is 0.389 e. The predicted molar refractivity (Wildman–Crippen MR) is 51.9 cm³/mol. The highest BCUT2D eigenvalue weighted by Crippen LogP contribution is 2.20.